The lowest BCUT2D eigenvalue weighted by Crippen LogP contribution is -2.39. The van der Waals surface area contributed by atoms with Crippen LogP contribution < -0.4 is 16.0 Å². The van der Waals surface area contributed by atoms with Gasteiger partial charge in [-0.1, -0.05) is 35.3 Å². The van der Waals surface area contributed by atoms with Gasteiger partial charge in [0, 0.05) is 32.8 Å². The number of aromatic nitrogens is 2. The van der Waals surface area contributed by atoms with Crippen molar-refractivity contribution in [3.05, 3.63) is 69.3 Å². The highest BCUT2D eigenvalue weighted by molar-refractivity contribution is 6.33. The molecule has 2 atom stereocenters. The van der Waals surface area contributed by atoms with Crippen molar-refractivity contribution in [1.82, 2.24) is 20.2 Å². The molecule has 3 heterocycles. The summed E-state index contributed by atoms with van der Waals surface area (Å²) >= 11 is 13.1. The van der Waals surface area contributed by atoms with Crippen molar-refractivity contribution >= 4 is 52.3 Å². The second-order valence-electron chi connectivity index (χ2n) is 8.98. The predicted octanol–water partition coefficient (Wildman–Crippen LogP) is 5.34. The Morgan fingerprint density at radius 1 is 1.14 bits per heavy atom. The molecule has 0 aliphatic carbocycles. The van der Waals surface area contributed by atoms with Crippen LogP contribution in [0.15, 0.2) is 42.6 Å². The molecule has 0 spiro atoms. The van der Waals surface area contributed by atoms with E-state index in [9.17, 15) is 4.79 Å². The number of halogens is 2. The van der Waals surface area contributed by atoms with Crippen molar-refractivity contribution in [2.45, 2.75) is 31.3 Å². The van der Waals surface area contributed by atoms with Crippen molar-refractivity contribution in [2.75, 3.05) is 37.9 Å². The third kappa shape index (κ3) is 4.86. The summed E-state index contributed by atoms with van der Waals surface area (Å²) in [6, 6.07) is 12.2. The number of nitrogens with zero attached hydrogens (tertiary/aromatic N) is 3. The number of carbonyl (C=O) groups is 1. The van der Waals surface area contributed by atoms with E-state index in [0.717, 1.165) is 31.7 Å². The van der Waals surface area contributed by atoms with Crippen LogP contribution in [0.3, 0.4) is 0 Å². The zero-order valence-corrected chi connectivity index (χ0v) is 21.7. The van der Waals surface area contributed by atoms with Gasteiger partial charge in [0.1, 0.15) is 5.02 Å². The van der Waals surface area contributed by atoms with Crippen LogP contribution in [0.1, 0.15) is 40.4 Å². The van der Waals surface area contributed by atoms with Gasteiger partial charge in [-0.2, -0.15) is 4.98 Å². The number of nitrogens with one attached hydrogen (secondary N) is 3. The van der Waals surface area contributed by atoms with Gasteiger partial charge in [-0.25, -0.2) is 4.98 Å². The molecule has 36 heavy (non-hydrogen) atoms. The van der Waals surface area contributed by atoms with Gasteiger partial charge in [0.05, 0.1) is 34.8 Å². The van der Waals surface area contributed by atoms with Crippen molar-refractivity contribution in [3.63, 3.8) is 0 Å². The Morgan fingerprint density at radius 2 is 1.97 bits per heavy atom. The number of amides is 1. The average Bonchev–Trinajstić information content (AvgIpc) is 3.18. The molecule has 1 aromatic heterocycles. The molecule has 0 radical (unpaired) electrons. The lowest BCUT2D eigenvalue weighted by atomic mass is 9.92. The first kappa shape index (κ1) is 24.8. The molecule has 10 heteroatoms. The Balaban J connectivity index is 1.41. The SMILES string of the molecule is CNC(=O)c1ccccc1Nc1nc(Nc2cc3c(cc2Cl)CC2CCC3N2CCOC)ncc1Cl. The summed E-state index contributed by atoms with van der Waals surface area (Å²) in [5, 5.41) is 10.0. The van der Waals surface area contributed by atoms with Gasteiger partial charge < -0.3 is 20.7 Å². The number of methoxy groups -OCH3 is 1. The number of ether oxygens (including phenoxy) is 1. The second-order valence-corrected chi connectivity index (χ2v) is 9.79. The van der Waals surface area contributed by atoms with Gasteiger partial charge in [0.25, 0.3) is 5.91 Å². The molecule has 2 bridgehead atoms. The average molecular weight is 527 g/mol. The van der Waals surface area contributed by atoms with E-state index in [0.29, 0.717) is 45.1 Å². The number of hydrogen-bond donors (Lipinski definition) is 3. The minimum absolute atomic E-state index is 0.212. The second kappa shape index (κ2) is 10.6. The van der Waals surface area contributed by atoms with Crippen LogP contribution in [0.5, 0.6) is 0 Å². The fourth-order valence-electron chi connectivity index (χ4n) is 5.18. The van der Waals surface area contributed by atoms with Gasteiger partial charge in [-0.3, -0.25) is 9.69 Å². The van der Waals surface area contributed by atoms with Crippen LogP contribution in [0.25, 0.3) is 0 Å². The third-order valence-corrected chi connectivity index (χ3v) is 7.47. The molecule has 0 saturated carbocycles. The standard InChI is InChI=1S/C26H28Cl2N6O2/c1-29-25(35)17-5-3-4-6-21(17)31-24-20(28)14-30-26(33-24)32-22-13-18-15(12-19(22)27)11-16-7-8-23(18)34(16)9-10-36-2/h3-6,12-14,16,23H,7-11H2,1-2H3,(H,29,35)(H2,30,31,32,33). The Hall–Kier alpha value is -2.91. The maximum absolute atomic E-state index is 12.3. The van der Waals surface area contributed by atoms with Crippen molar-refractivity contribution in [3.8, 4) is 0 Å². The first-order valence-electron chi connectivity index (χ1n) is 11.9. The molecular formula is C26H28Cl2N6O2. The summed E-state index contributed by atoms with van der Waals surface area (Å²) in [6.45, 7) is 1.64. The zero-order valence-electron chi connectivity index (χ0n) is 20.1. The van der Waals surface area contributed by atoms with E-state index in [1.807, 2.05) is 6.07 Å². The van der Waals surface area contributed by atoms with E-state index in [4.69, 9.17) is 27.9 Å². The molecule has 1 saturated heterocycles. The quantitative estimate of drug-likeness (QED) is 0.364. The molecule has 2 aliphatic rings. The summed E-state index contributed by atoms with van der Waals surface area (Å²) in [6.07, 6.45) is 4.81. The summed E-state index contributed by atoms with van der Waals surface area (Å²) in [7, 11) is 3.33. The Bertz CT molecular complexity index is 1290. The van der Waals surface area contributed by atoms with Crippen LogP contribution in [0, 0.1) is 0 Å². The van der Waals surface area contributed by atoms with Gasteiger partial charge in [-0.05, 0) is 54.7 Å². The van der Waals surface area contributed by atoms with Crippen molar-refractivity contribution in [1.29, 1.82) is 0 Å². The molecule has 3 aromatic rings. The predicted molar refractivity (Wildman–Crippen MR) is 143 cm³/mol. The largest absolute Gasteiger partial charge is 0.383 e. The summed E-state index contributed by atoms with van der Waals surface area (Å²) in [4.78, 5) is 23.7. The number of anilines is 4. The van der Waals surface area contributed by atoms with Crippen LogP contribution in [-0.4, -0.2) is 54.1 Å². The molecule has 2 unspecified atom stereocenters. The molecule has 2 aliphatic heterocycles. The number of para-hydroxylation sites is 1. The Morgan fingerprint density at radius 3 is 2.78 bits per heavy atom. The highest BCUT2D eigenvalue weighted by Gasteiger charge is 2.39. The fourth-order valence-corrected chi connectivity index (χ4v) is 5.55. The lowest BCUT2D eigenvalue weighted by Gasteiger charge is -2.36. The monoisotopic (exact) mass is 526 g/mol. The molecule has 188 valence electrons. The molecule has 5 rings (SSSR count). The van der Waals surface area contributed by atoms with E-state index in [1.165, 1.54) is 23.7 Å². The number of carbonyl (C=O) groups excluding carboxylic acids is 1. The molecule has 2 aromatic carbocycles. The zero-order chi connectivity index (χ0) is 25.2. The minimum Gasteiger partial charge on any atom is -0.383 e. The first-order valence-corrected chi connectivity index (χ1v) is 12.7. The maximum Gasteiger partial charge on any atom is 0.253 e. The maximum atomic E-state index is 12.3. The fraction of sp³-hybridized carbons (Fsp3) is 0.346. The van der Waals surface area contributed by atoms with Crippen molar-refractivity contribution < 1.29 is 9.53 Å². The number of fused-ring (bicyclic) bond motifs is 4. The minimum atomic E-state index is -0.212. The number of benzene rings is 2. The molecule has 1 fully saturated rings. The van der Waals surface area contributed by atoms with Crippen molar-refractivity contribution in [2.24, 2.45) is 0 Å². The van der Waals surface area contributed by atoms with Crippen LogP contribution >= 0.6 is 23.2 Å². The first-order chi connectivity index (χ1) is 17.5. The van der Waals surface area contributed by atoms with Crippen LogP contribution in [0.4, 0.5) is 23.1 Å². The molecule has 8 nitrogen and oxygen atoms in total. The highest BCUT2D eigenvalue weighted by atomic mass is 35.5. The normalized spacial score (nSPS) is 18.6. The number of hydrogen-bond acceptors (Lipinski definition) is 7. The summed E-state index contributed by atoms with van der Waals surface area (Å²) < 4.78 is 5.34. The van der Waals surface area contributed by atoms with Gasteiger partial charge in [0.15, 0.2) is 5.82 Å². The van der Waals surface area contributed by atoms with E-state index >= 15 is 0 Å². The Kier molecular flexibility index (Phi) is 7.29. The van der Waals surface area contributed by atoms with E-state index in [2.05, 4.69) is 43.0 Å². The van der Waals surface area contributed by atoms with E-state index < -0.39 is 0 Å². The number of rotatable bonds is 8. The lowest BCUT2D eigenvalue weighted by molar-refractivity contribution is 0.0964. The topological polar surface area (TPSA) is 91.4 Å². The molecule has 3 N–H and O–H groups in total. The van der Waals surface area contributed by atoms with Crippen LogP contribution in [0.2, 0.25) is 10.0 Å². The summed E-state index contributed by atoms with van der Waals surface area (Å²) in [5.74, 6) is 0.512. The van der Waals surface area contributed by atoms with Crippen LogP contribution in [-0.2, 0) is 11.2 Å². The van der Waals surface area contributed by atoms with Gasteiger partial charge in [0.2, 0.25) is 5.95 Å². The molecule has 1 amide bonds. The Labute approximate surface area is 220 Å². The van der Waals surface area contributed by atoms with E-state index in [-0.39, 0.29) is 5.91 Å². The van der Waals surface area contributed by atoms with Gasteiger partial charge in [-0.15, -0.1) is 0 Å². The third-order valence-electron chi connectivity index (χ3n) is 6.88. The van der Waals surface area contributed by atoms with Gasteiger partial charge >= 0.3 is 0 Å². The smallest absolute Gasteiger partial charge is 0.253 e. The highest BCUT2D eigenvalue weighted by Crippen LogP contribution is 2.46. The summed E-state index contributed by atoms with van der Waals surface area (Å²) in [5.41, 5.74) is 4.40. The molecular weight excluding hydrogens is 499 g/mol. The van der Waals surface area contributed by atoms with E-state index in [1.54, 1.807) is 32.4 Å².